The number of amides is 1. The molecule has 3 N–H and O–H groups in total. The number of fused-ring (bicyclic) bond motifs is 3. The third-order valence-corrected chi connectivity index (χ3v) is 6.38. The number of rotatable bonds is 6. The first-order valence-corrected chi connectivity index (χ1v) is 12.9. The Bertz CT molecular complexity index is 954. The standard InChI is InChI=1S/C29H42N2O4/c1-29(2,3)12-14-31-13-5-4-6-15-35-27-11-10-24(28(34)30-19-26(33)21-32)18-25(27)17-22-8-7-9-23(16-22)20-31/h7-11,16,18,26,32-33H,4-6,12-15,17,19-21H2,1-3H3,(H,30,34). The van der Waals surface area contributed by atoms with Gasteiger partial charge in [0, 0.05) is 25.1 Å². The van der Waals surface area contributed by atoms with Crippen LogP contribution in [0, 0.1) is 5.41 Å². The summed E-state index contributed by atoms with van der Waals surface area (Å²) in [6.45, 7) is 10.3. The van der Waals surface area contributed by atoms with Gasteiger partial charge in [0.1, 0.15) is 5.75 Å². The van der Waals surface area contributed by atoms with Crippen LogP contribution >= 0.6 is 0 Å². The molecule has 0 fully saturated rings. The molecule has 35 heavy (non-hydrogen) atoms. The van der Waals surface area contributed by atoms with Crippen molar-refractivity contribution in [3.8, 4) is 5.75 Å². The lowest BCUT2D eigenvalue weighted by Crippen LogP contribution is -2.33. The van der Waals surface area contributed by atoms with Crippen LogP contribution in [0.5, 0.6) is 5.75 Å². The third kappa shape index (κ3) is 9.28. The monoisotopic (exact) mass is 482 g/mol. The Morgan fingerprint density at radius 3 is 2.69 bits per heavy atom. The minimum atomic E-state index is -0.967. The third-order valence-electron chi connectivity index (χ3n) is 6.38. The largest absolute Gasteiger partial charge is 0.493 e. The molecule has 1 heterocycles. The molecule has 1 unspecified atom stereocenters. The summed E-state index contributed by atoms with van der Waals surface area (Å²) in [6, 6.07) is 14.2. The van der Waals surface area contributed by atoms with Crippen molar-refractivity contribution in [2.24, 2.45) is 5.41 Å². The van der Waals surface area contributed by atoms with E-state index in [1.165, 1.54) is 17.5 Å². The second-order valence-electron chi connectivity index (χ2n) is 10.9. The van der Waals surface area contributed by atoms with E-state index in [0.29, 0.717) is 24.0 Å². The van der Waals surface area contributed by atoms with Crippen LogP contribution in [0.2, 0.25) is 0 Å². The number of ether oxygens (including phenoxy) is 1. The zero-order chi connectivity index (χ0) is 25.3. The van der Waals surface area contributed by atoms with Crippen LogP contribution in [0.4, 0.5) is 0 Å². The molecule has 0 saturated carbocycles. The number of benzene rings is 2. The van der Waals surface area contributed by atoms with Gasteiger partial charge in [0.25, 0.3) is 5.91 Å². The van der Waals surface area contributed by atoms with E-state index in [1.807, 2.05) is 12.1 Å². The maximum Gasteiger partial charge on any atom is 0.251 e. The van der Waals surface area contributed by atoms with Crippen LogP contribution in [0.15, 0.2) is 42.5 Å². The molecule has 6 heteroatoms. The fourth-order valence-corrected chi connectivity index (χ4v) is 4.25. The van der Waals surface area contributed by atoms with Crippen molar-refractivity contribution in [2.45, 2.75) is 65.5 Å². The summed E-state index contributed by atoms with van der Waals surface area (Å²) in [5.74, 6) is 0.536. The van der Waals surface area contributed by atoms with Crippen molar-refractivity contribution in [1.29, 1.82) is 0 Å². The van der Waals surface area contributed by atoms with Gasteiger partial charge in [-0.05, 0) is 79.1 Å². The molecular weight excluding hydrogens is 440 g/mol. The highest BCUT2D eigenvalue weighted by Gasteiger charge is 2.16. The average Bonchev–Trinajstić information content (AvgIpc) is 2.82. The number of carbonyl (C=O) groups is 1. The fourth-order valence-electron chi connectivity index (χ4n) is 4.25. The van der Waals surface area contributed by atoms with Gasteiger partial charge >= 0.3 is 0 Å². The Morgan fingerprint density at radius 1 is 1.11 bits per heavy atom. The van der Waals surface area contributed by atoms with Crippen molar-refractivity contribution < 1.29 is 19.7 Å². The SMILES string of the molecule is CC(C)(C)CCN1CCCCCOc2ccc(C(=O)NCC(O)CO)cc2Cc2cccc(c2)C1. The Morgan fingerprint density at radius 2 is 1.91 bits per heavy atom. The minimum absolute atomic E-state index is 0.0106. The maximum absolute atomic E-state index is 12.6. The molecule has 2 aromatic rings. The van der Waals surface area contributed by atoms with Crippen LogP contribution in [-0.2, 0) is 13.0 Å². The van der Waals surface area contributed by atoms with Gasteiger partial charge in [-0.3, -0.25) is 9.69 Å². The van der Waals surface area contributed by atoms with Crippen molar-refractivity contribution in [3.63, 3.8) is 0 Å². The average molecular weight is 483 g/mol. The van der Waals surface area contributed by atoms with Gasteiger partial charge in [0.15, 0.2) is 0 Å². The summed E-state index contributed by atoms with van der Waals surface area (Å²) in [5.41, 5.74) is 4.30. The zero-order valence-corrected chi connectivity index (χ0v) is 21.6. The molecule has 0 aromatic heterocycles. The highest BCUT2D eigenvalue weighted by Crippen LogP contribution is 2.26. The van der Waals surface area contributed by atoms with Gasteiger partial charge in [-0.1, -0.05) is 45.0 Å². The van der Waals surface area contributed by atoms with Crippen molar-refractivity contribution in [2.75, 3.05) is 32.8 Å². The topological polar surface area (TPSA) is 82.0 Å². The molecular formula is C29H42N2O4. The second-order valence-corrected chi connectivity index (χ2v) is 10.9. The summed E-state index contributed by atoms with van der Waals surface area (Å²) < 4.78 is 6.16. The lowest BCUT2D eigenvalue weighted by Gasteiger charge is -2.27. The van der Waals surface area contributed by atoms with E-state index in [4.69, 9.17) is 9.84 Å². The highest BCUT2D eigenvalue weighted by atomic mass is 16.5. The van der Waals surface area contributed by atoms with Gasteiger partial charge in [-0.25, -0.2) is 0 Å². The number of nitrogens with zero attached hydrogens (tertiary/aromatic N) is 1. The first-order chi connectivity index (χ1) is 16.7. The van der Waals surface area contributed by atoms with Crippen LogP contribution in [0.1, 0.15) is 73.5 Å². The first kappa shape index (κ1) is 27.2. The summed E-state index contributed by atoms with van der Waals surface area (Å²) in [4.78, 5) is 15.2. The number of carbonyl (C=O) groups excluding carboxylic acids is 1. The summed E-state index contributed by atoms with van der Waals surface area (Å²) in [5, 5.41) is 21.2. The van der Waals surface area contributed by atoms with Gasteiger partial charge in [-0.2, -0.15) is 0 Å². The molecule has 6 nitrogen and oxygen atoms in total. The molecule has 1 amide bonds. The molecule has 3 rings (SSSR count). The van der Waals surface area contributed by atoms with E-state index in [1.54, 1.807) is 6.07 Å². The van der Waals surface area contributed by atoms with Crippen LogP contribution in [-0.4, -0.2) is 60.0 Å². The predicted octanol–water partition coefficient (Wildman–Crippen LogP) is 4.16. The van der Waals surface area contributed by atoms with Gasteiger partial charge in [0.2, 0.25) is 0 Å². The quantitative estimate of drug-likeness (QED) is 0.576. The van der Waals surface area contributed by atoms with Crippen LogP contribution in [0.3, 0.4) is 0 Å². The normalized spacial score (nSPS) is 16.5. The zero-order valence-electron chi connectivity index (χ0n) is 21.6. The van der Waals surface area contributed by atoms with E-state index < -0.39 is 6.10 Å². The predicted molar refractivity (Wildman–Crippen MR) is 140 cm³/mol. The lowest BCUT2D eigenvalue weighted by atomic mass is 9.92. The van der Waals surface area contributed by atoms with Crippen molar-refractivity contribution in [3.05, 3.63) is 64.7 Å². The molecule has 0 spiro atoms. The van der Waals surface area contributed by atoms with Gasteiger partial charge < -0.3 is 20.3 Å². The Hall–Kier alpha value is -2.41. The summed E-state index contributed by atoms with van der Waals surface area (Å²) >= 11 is 0. The molecule has 1 aliphatic heterocycles. The van der Waals surface area contributed by atoms with Gasteiger partial charge in [-0.15, -0.1) is 0 Å². The molecule has 1 aliphatic rings. The maximum atomic E-state index is 12.6. The summed E-state index contributed by atoms with van der Waals surface area (Å²) in [7, 11) is 0. The fraction of sp³-hybridized carbons (Fsp3) is 0.552. The molecule has 1 atom stereocenters. The number of aliphatic hydroxyl groups is 2. The van der Waals surface area contributed by atoms with E-state index in [2.05, 4.69) is 55.3 Å². The Kier molecular flexibility index (Phi) is 10.1. The number of hydrogen-bond acceptors (Lipinski definition) is 5. The molecule has 0 radical (unpaired) electrons. The van der Waals surface area contributed by atoms with Gasteiger partial charge in [0.05, 0.1) is 19.3 Å². The van der Waals surface area contributed by atoms with E-state index >= 15 is 0 Å². The Labute approximate surface area is 210 Å². The van der Waals surface area contributed by atoms with Crippen LogP contribution < -0.4 is 10.1 Å². The number of nitrogens with one attached hydrogen (secondary N) is 1. The molecule has 192 valence electrons. The highest BCUT2D eigenvalue weighted by molar-refractivity contribution is 5.94. The van der Waals surface area contributed by atoms with Crippen LogP contribution in [0.25, 0.3) is 0 Å². The molecule has 0 saturated heterocycles. The second kappa shape index (κ2) is 13.1. The lowest BCUT2D eigenvalue weighted by molar-refractivity contribution is 0.0802. The van der Waals surface area contributed by atoms with E-state index in [0.717, 1.165) is 50.2 Å². The number of aliphatic hydroxyl groups excluding tert-OH is 2. The smallest absolute Gasteiger partial charge is 0.251 e. The number of hydrogen-bond donors (Lipinski definition) is 3. The van der Waals surface area contributed by atoms with Crippen molar-refractivity contribution >= 4 is 5.91 Å². The minimum Gasteiger partial charge on any atom is -0.493 e. The first-order valence-electron chi connectivity index (χ1n) is 12.9. The Balaban J connectivity index is 1.81. The molecule has 2 bridgehead atoms. The van der Waals surface area contributed by atoms with E-state index in [9.17, 15) is 9.90 Å². The summed E-state index contributed by atoms with van der Waals surface area (Å²) in [6.07, 6.45) is 4.15. The molecule has 2 aromatic carbocycles. The van der Waals surface area contributed by atoms with E-state index in [-0.39, 0.29) is 19.1 Å². The van der Waals surface area contributed by atoms with Crippen molar-refractivity contribution in [1.82, 2.24) is 10.2 Å². The molecule has 0 aliphatic carbocycles.